The van der Waals surface area contributed by atoms with Crippen molar-refractivity contribution in [3.8, 4) is 5.75 Å². The number of esters is 1. The van der Waals surface area contributed by atoms with Gasteiger partial charge in [-0.05, 0) is 43.5 Å². The van der Waals surface area contributed by atoms with E-state index in [0.29, 0.717) is 37.6 Å². The molecule has 2 heterocycles. The maximum absolute atomic E-state index is 13.0. The van der Waals surface area contributed by atoms with E-state index in [9.17, 15) is 14.4 Å². The molecule has 3 rings (SSSR count). The molecule has 2 atom stereocenters. The number of hydrogen-bond donors (Lipinski definition) is 1. The Kier molecular flexibility index (Phi) is 7.46. The smallest absolute Gasteiger partial charge is 0.308 e. The Morgan fingerprint density at radius 3 is 2.76 bits per heavy atom. The Bertz CT molecular complexity index is 714. The number of ether oxygens (including phenoxy) is 3. The van der Waals surface area contributed by atoms with E-state index in [1.165, 1.54) is 4.90 Å². The fourth-order valence-electron chi connectivity index (χ4n) is 3.42. The maximum atomic E-state index is 13.0. The number of hydrogen-bond acceptors (Lipinski definition) is 6. The third kappa shape index (κ3) is 5.69. The van der Waals surface area contributed by atoms with Crippen LogP contribution < -0.4 is 10.1 Å². The van der Waals surface area contributed by atoms with Crippen molar-refractivity contribution in [1.82, 2.24) is 10.2 Å². The number of rotatable bonds is 8. The topological polar surface area (TPSA) is 94.2 Å². The van der Waals surface area contributed by atoms with E-state index in [1.807, 2.05) is 6.92 Å². The molecule has 0 spiro atoms. The molecule has 8 heteroatoms. The molecular formula is C21H28N2O6. The van der Waals surface area contributed by atoms with Crippen LogP contribution >= 0.6 is 0 Å². The van der Waals surface area contributed by atoms with Crippen LogP contribution in [0.3, 0.4) is 0 Å². The van der Waals surface area contributed by atoms with Crippen LogP contribution in [-0.4, -0.2) is 67.7 Å². The van der Waals surface area contributed by atoms with Gasteiger partial charge in [0.05, 0.1) is 19.1 Å². The van der Waals surface area contributed by atoms with Crippen LogP contribution in [0.25, 0.3) is 0 Å². The predicted octanol–water partition coefficient (Wildman–Crippen LogP) is 1.53. The third-order valence-electron chi connectivity index (χ3n) is 4.98. The molecule has 0 bridgehead atoms. The van der Waals surface area contributed by atoms with Gasteiger partial charge >= 0.3 is 5.97 Å². The van der Waals surface area contributed by atoms with Gasteiger partial charge in [-0.1, -0.05) is 6.92 Å². The lowest BCUT2D eigenvalue weighted by Gasteiger charge is -2.34. The summed E-state index contributed by atoms with van der Waals surface area (Å²) < 4.78 is 16.2. The van der Waals surface area contributed by atoms with Gasteiger partial charge in [0, 0.05) is 25.3 Å². The Morgan fingerprint density at radius 1 is 1.28 bits per heavy atom. The van der Waals surface area contributed by atoms with Crippen molar-refractivity contribution in [3.63, 3.8) is 0 Å². The van der Waals surface area contributed by atoms with Crippen LogP contribution in [0.2, 0.25) is 0 Å². The Hall–Kier alpha value is -2.61. The first-order valence-corrected chi connectivity index (χ1v) is 10.2. The third-order valence-corrected chi connectivity index (χ3v) is 4.98. The zero-order valence-electron chi connectivity index (χ0n) is 16.7. The fraction of sp³-hybridized carbons (Fsp3) is 0.571. The molecule has 2 aliphatic heterocycles. The van der Waals surface area contributed by atoms with Gasteiger partial charge in [0.1, 0.15) is 18.4 Å². The molecule has 0 radical (unpaired) electrons. The first-order chi connectivity index (χ1) is 14.1. The average Bonchev–Trinajstić information content (AvgIpc) is 3.26. The lowest BCUT2D eigenvalue weighted by Crippen LogP contribution is -2.57. The van der Waals surface area contributed by atoms with E-state index >= 15 is 0 Å². The van der Waals surface area contributed by atoms with E-state index in [-0.39, 0.29) is 30.9 Å². The molecule has 158 valence electrons. The van der Waals surface area contributed by atoms with Gasteiger partial charge in [0.25, 0.3) is 5.91 Å². The number of carbonyl (C=O) groups is 3. The van der Waals surface area contributed by atoms with Gasteiger partial charge in [-0.2, -0.15) is 0 Å². The van der Waals surface area contributed by atoms with Gasteiger partial charge in [-0.15, -0.1) is 0 Å². The number of nitrogens with one attached hydrogen (secondary N) is 1. The summed E-state index contributed by atoms with van der Waals surface area (Å²) in [6.07, 6.45) is 2.46. The number of nitrogens with zero attached hydrogens (tertiary/aromatic N) is 1. The summed E-state index contributed by atoms with van der Waals surface area (Å²) in [5, 5.41) is 2.72. The summed E-state index contributed by atoms with van der Waals surface area (Å²) in [5.41, 5.74) is 0.446. The van der Waals surface area contributed by atoms with Crippen molar-refractivity contribution in [2.75, 3.05) is 32.9 Å². The molecule has 0 saturated carbocycles. The number of piperazine rings is 1. The Balaban J connectivity index is 1.61. The average molecular weight is 404 g/mol. The molecule has 1 N–H and O–H groups in total. The minimum Gasteiger partial charge on any atom is -0.494 e. The highest BCUT2D eigenvalue weighted by atomic mass is 16.6. The summed E-state index contributed by atoms with van der Waals surface area (Å²) in [6, 6.07) is 5.93. The molecule has 2 aliphatic rings. The highest BCUT2D eigenvalue weighted by molar-refractivity contribution is 5.99. The molecule has 1 aromatic carbocycles. The molecule has 1 aromatic rings. The van der Waals surface area contributed by atoms with Crippen molar-refractivity contribution in [3.05, 3.63) is 29.8 Å². The van der Waals surface area contributed by atoms with Crippen LogP contribution in [0.4, 0.5) is 0 Å². The van der Waals surface area contributed by atoms with Crippen LogP contribution in [0.15, 0.2) is 24.3 Å². The predicted molar refractivity (Wildman–Crippen MR) is 105 cm³/mol. The van der Waals surface area contributed by atoms with E-state index in [0.717, 1.165) is 19.3 Å². The molecule has 2 fully saturated rings. The summed E-state index contributed by atoms with van der Waals surface area (Å²) in [6.45, 7) is 4.17. The van der Waals surface area contributed by atoms with Crippen molar-refractivity contribution >= 4 is 17.8 Å². The number of carbonyl (C=O) groups excluding carboxylic acids is 3. The van der Waals surface area contributed by atoms with Gasteiger partial charge < -0.3 is 24.4 Å². The summed E-state index contributed by atoms with van der Waals surface area (Å²) in [7, 11) is 0. The molecular weight excluding hydrogens is 376 g/mol. The minimum absolute atomic E-state index is 0.0784. The monoisotopic (exact) mass is 404 g/mol. The van der Waals surface area contributed by atoms with E-state index in [1.54, 1.807) is 24.3 Å². The molecule has 8 nitrogen and oxygen atoms in total. The van der Waals surface area contributed by atoms with Gasteiger partial charge in [-0.3, -0.25) is 14.4 Å². The molecule has 2 saturated heterocycles. The van der Waals surface area contributed by atoms with Gasteiger partial charge in [-0.25, -0.2) is 0 Å². The number of amides is 2. The molecule has 2 unspecified atom stereocenters. The standard InChI is InChI=1S/C21H28N2O6/c1-2-11-27-16-7-5-15(6-8-16)21(26)23-10-9-22-20(25)18(23)13-19(24)29-14-17-4-3-12-28-17/h5-8,17-18H,2-4,9-14H2,1H3,(H,22,25). The quantitative estimate of drug-likeness (QED) is 0.661. The van der Waals surface area contributed by atoms with E-state index in [2.05, 4.69) is 5.32 Å². The summed E-state index contributed by atoms with van der Waals surface area (Å²) >= 11 is 0. The van der Waals surface area contributed by atoms with Crippen molar-refractivity contribution in [2.45, 2.75) is 44.8 Å². The van der Waals surface area contributed by atoms with Crippen molar-refractivity contribution in [2.24, 2.45) is 0 Å². The van der Waals surface area contributed by atoms with Crippen molar-refractivity contribution < 1.29 is 28.6 Å². The normalized spacial score (nSPS) is 21.6. The first kappa shape index (κ1) is 21.1. The SMILES string of the molecule is CCCOc1ccc(C(=O)N2CCNC(=O)C2CC(=O)OCC2CCCO2)cc1. The highest BCUT2D eigenvalue weighted by Crippen LogP contribution is 2.18. The molecule has 0 aliphatic carbocycles. The second-order valence-corrected chi connectivity index (χ2v) is 7.20. The molecule has 2 amide bonds. The van der Waals surface area contributed by atoms with Gasteiger partial charge in [0.2, 0.25) is 5.91 Å². The zero-order valence-corrected chi connectivity index (χ0v) is 16.7. The van der Waals surface area contributed by atoms with Crippen LogP contribution in [0, 0.1) is 0 Å². The van der Waals surface area contributed by atoms with E-state index < -0.39 is 12.0 Å². The Labute approximate surface area is 170 Å². The number of benzene rings is 1. The second kappa shape index (κ2) is 10.2. The lowest BCUT2D eigenvalue weighted by atomic mass is 10.1. The Morgan fingerprint density at radius 2 is 2.07 bits per heavy atom. The fourth-order valence-corrected chi connectivity index (χ4v) is 3.42. The molecule has 29 heavy (non-hydrogen) atoms. The summed E-state index contributed by atoms with van der Waals surface area (Å²) in [4.78, 5) is 39.0. The maximum Gasteiger partial charge on any atom is 0.308 e. The van der Waals surface area contributed by atoms with Crippen LogP contribution in [0.5, 0.6) is 5.75 Å². The zero-order chi connectivity index (χ0) is 20.6. The van der Waals surface area contributed by atoms with Crippen LogP contribution in [0.1, 0.15) is 43.0 Å². The minimum atomic E-state index is -0.885. The lowest BCUT2D eigenvalue weighted by molar-refractivity contribution is -0.150. The highest BCUT2D eigenvalue weighted by Gasteiger charge is 2.35. The summed E-state index contributed by atoms with van der Waals surface area (Å²) in [5.74, 6) is -0.460. The van der Waals surface area contributed by atoms with Gasteiger partial charge in [0.15, 0.2) is 0 Å². The first-order valence-electron chi connectivity index (χ1n) is 10.2. The second-order valence-electron chi connectivity index (χ2n) is 7.20. The van der Waals surface area contributed by atoms with Crippen LogP contribution in [-0.2, 0) is 19.1 Å². The van der Waals surface area contributed by atoms with Crippen molar-refractivity contribution in [1.29, 1.82) is 0 Å². The molecule has 0 aromatic heterocycles. The largest absolute Gasteiger partial charge is 0.494 e. The van der Waals surface area contributed by atoms with E-state index in [4.69, 9.17) is 14.2 Å².